The molecule has 0 unspecified atom stereocenters. The van der Waals surface area contributed by atoms with Crippen molar-refractivity contribution >= 4 is 18.2 Å². The molecule has 1 heterocycles. The molecular weight excluding hydrogens is 281 g/mol. The highest BCUT2D eigenvalue weighted by Crippen LogP contribution is 2.68. The Labute approximate surface area is 127 Å². The fraction of sp³-hybridized carbons (Fsp3) is 0.529. The molecule has 1 aromatic heterocycles. The van der Waals surface area contributed by atoms with Crippen LogP contribution < -0.4 is 4.74 Å². The molecule has 0 fully saturated rings. The summed E-state index contributed by atoms with van der Waals surface area (Å²) in [6.07, 6.45) is 1.96. The summed E-state index contributed by atoms with van der Waals surface area (Å²) in [5, 5.41) is 0.442. The fourth-order valence-corrected chi connectivity index (χ4v) is 7.18. The maximum absolute atomic E-state index is 14.0. The van der Waals surface area contributed by atoms with Gasteiger partial charge in [0.15, 0.2) is 7.29 Å². The van der Waals surface area contributed by atoms with Crippen molar-refractivity contribution in [1.82, 2.24) is 4.34 Å². The zero-order valence-electron chi connectivity index (χ0n) is 14.1. The molecule has 0 aliphatic rings. The zero-order chi connectivity index (χ0) is 16.1. The second-order valence-corrected chi connectivity index (χ2v) is 11.8. The Morgan fingerprint density at radius 3 is 2.05 bits per heavy atom. The lowest BCUT2D eigenvalue weighted by Crippen LogP contribution is -2.32. The van der Waals surface area contributed by atoms with Crippen LogP contribution in [0, 0.1) is 0 Å². The molecule has 3 nitrogen and oxygen atoms in total. The first kappa shape index (κ1) is 16.2. The molecule has 2 rings (SSSR count). The van der Waals surface area contributed by atoms with E-state index in [1.54, 1.807) is 7.11 Å². The number of ether oxygens (including phenoxy) is 1. The summed E-state index contributed by atoms with van der Waals surface area (Å²) in [6, 6.07) is 7.93. The van der Waals surface area contributed by atoms with Crippen molar-refractivity contribution in [3.8, 4) is 5.75 Å². The van der Waals surface area contributed by atoms with Crippen LogP contribution in [0.1, 0.15) is 41.5 Å². The second-order valence-electron chi connectivity index (χ2n) is 7.50. The summed E-state index contributed by atoms with van der Waals surface area (Å²) in [6.45, 7) is 12.4. The van der Waals surface area contributed by atoms with E-state index < -0.39 is 7.29 Å². The molecule has 0 saturated heterocycles. The van der Waals surface area contributed by atoms with Gasteiger partial charge in [0.25, 0.3) is 0 Å². The van der Waals surface area contributed by atoms with Crippen LogP contribution in [0.15, 0.2) is 30.5 Å². The Morgan fingerprint density at radius 2 is 1.57 bits per heavy atom. The van der Waals surface area contributed by atoms with Gasteiger partial charge in [-0.05, 0) is 24.3 Å². The molecular formula is C17H26NO2P. The van der Waals surface area contributed by atoms with Gasteiger partial charge in [0.1, 0.15) is 5.75 Å². The van der Waals surface area contributed by atoms with Crippen molar-refractivity contribution in [2.24, 2.45) is 0 Å². The average Bonchev–Trinajstić information content (AvgIpc) is 2.77. The SMILES string of the molecule is COc1ccc2c(ccn2P(=O)(C(C)(C)C)C(C)(C)C)c1. The van der Waals surface area contributed by atoms with Gasteiger partial charge < -0.3 is 4.74 Å². The number of aromatic nitrogens is 1. The number of hydrogen-bond donors (Lipinski definition) is 0. The summed E-state index contributed by atoms with van der Waals surface area (Å²) < 4.78 is 21.3. The minimum atomic E-state index is -2.68. The van der Waals surface area contributed by atoms with Crippen LogP contribution in [0.2, 0.25) is 0 Å². The molecule has 2 aromatic rings. The Hall–Kier alpha value is -1.21. The third kappa shape index (κ3) is 2.42. The first-order valence-electron chi connectivity index (χ1n) is 7.28. The number of nitrogens with zero attached hydrogens (tertiary/aromatic N) is 1. The number of fused-ring (bicyclic) bond motifs is 1. The lowest BCUT2D eigenvalue weighted by molar-refractivity contribution is 0.415. The van der Waals surface area contributed by atoms with E-state index >= 15 is 0 Å². The fourth-order valence-electron chi connectivity index (χ4n) is 3.13. The summed E-state index contributed by atoms with van der Waals surface area (Å²) >= 11 is 0. The maximum atomic E-state index is 14.0. The maximum Gasteiger partial charge on any atom is 0.186 e. The first-order chi connectivity index (χ1) is 9.52. The molecule has 116 valence electrons. The smallest absolute Gasteiger partial charge is 0.186 e. The van der Waals surface area contributed by atoms with E-state index in [0.717, 1.165) is 16.7 Å². The summed E-state index contributed by atoms with van der Waals surface area (Å²) in [4.78, 5) is 0. The molecule has 0 radical (unpaired) electrons. The number of benzene rings is 1. The summed E-state index contributed by atoms with van der Waals surface area (Å²) in [7, 11) is -1.02. The zero-order valence-corrected chi connectivity index (χ0v) is 15.0. The van der Waals surface area contributed by atoms with Crippen LogP contribution in [0.25, 0.3) is 10.9 Å². The molecule has 1 aromatic carbocycles. The van der Waals surface area contributed by atoms with Crippen LogP contribution in [0.3, 0.4) is 0 Å². The van der Waals surface area contributed by atoms with E-state index in [2.05, 4.69) is 41.5 Å². The minimum Gasteiger partial charge on any atom is -0.497 e. The highest BCUT2D eigenvalue weighted by Gasteiger charge is 2.48. The van der Waals surface area contributed by atoms with E-state index in [-0.39, 0.29) is 10.3 Å². The van der Waals surface area contributed by atoms with Crippen LogP contribution in [0.4, 0.5) is 0 Å². The van der Waals surface area contributed by atoms with Gasteiger partial charge in [-0.3, -0.25) is 8.90 Å². The molecule has 0 aliphatic carbocycles. The topological polar surface area (TPSA) is 31.2 Å². The Balaban J connectivity index is 2.77. The molecule has 21 heavy (non-hydrogen) atoms. The van der Waals surface area contributed by atoms with Crippen molar-refractivity contribution in [1.29, 1.82) is 0 Å². The predicted molar refractivity (Wildman–Crippen MR) is 91.0 cm³/mol. The summed E-state index contributed by atoms with van der Waals surface area (Å²) in [5.41, 5.74) is 1.00. The molecule has 0 saturated carbocycles. The molecule has 0 atom stereocenters. The Bertz CT molecular complexity index is 684. The van der Waals surface area contributed by atoms with Gasteiger partial charge in [0, 0.05) is 21.9 Å². The first-order valence-corrected chi connectivity index (χ1v) is 8.94. The van der Waals surface area contributed by atoms with Crippen LogP contribution >= 0.6 is 7.29 Å². The molecule has 0 amide bonds. The molecule has 4 heteroatoms. The van der Waals surface area contributed by atoms with Gasteiger partial charge in [-0.1, -0.05) is 41.5 Å². The van der Waals surface area contributed by atoms with E-state index in [0.29, 0.717) is 0 Å². The Kier molecular flexibility index (Phi) is 3.78. The van der Waals surface area contributed by atoms with Gasteiger partial charge in [-0.25, -0.2) is 0 Å². The van der Waals surface area contributed by atoms with Crippen molar-refractivity contribution in [2.75, 3.05) is 7.11 Å². The van der Waals surface area contributed by atoms with E-state index in [9.17, 15) is 4.57 Å². The van der Waals surface area contributed by atoms with Crippen LogP contribution in [-0.2, 0) is 4.57 Å². The molecule has 0 spiro atoms. The summed E-state index contributed by atoms with van der Waals surface area (Å²) in [5.74, 6) is 0.821. The lowest BCUT2D eigenvalue weighted by atomic mass is 10.2. The van der Waals surface area contributed by atoms with Gasteiger partial charge in [-0.2, -0.15) is 0 Å². The quantitative estimate of drug-likeness (QED) is 0.698. The Morgan fingerprint density at radius 1 is 1.00 bits per heavy atom. The predicted octanol–water partition coefficient (Wildman–Crippen LogP) is 5.37. The third-order valence-electron chi connectivity index (χ3n) is 4.00. The van der Waals surface area contributed by atoms with Crippen molar-refractivity contribution in [2.45, 2.75) is 51.9 Å². The van der Waals surface area contributed by atoms with E-state index in [4.69, 9.17) is 4.74 Å². The highest BCUT2D eigenvalue weighted by molar-refractivity contribution is 7.65. The lowest BCUT2D eigenvalue weighted by Gasteiger charge is -2.42. The second kappa shape index (κ2) is 4.91. The standard InChI is InChI=1S/C17H26NO2P/c1-16(2,3)21(19,17(4,5)6)18-11-10-13-12-14(20-7)8-9-15(13)18/h8-12H,1-7H3. The minimum absolute atomic E-state index is 0.308. The van der Waals surface area contributed by atoms with Gasteiger partial charge >= 0.3 is 0 Å². The van der Waals surface area contributed by atoms with E-state index in [1.165, 1.54) is 0 Å². The highest BCUT2D eigenvalue weighted by atomic mass is 31.2. The largest absolute Gasteiger partial charge is 0.497 e. The number of rotatable bonds is 2. The normalized spacial score (nSPS) is 13.7. The van der Waals surface area contributed by atoms with Crippen LogP contribution in [-0.4, -0.2) is 21.8 Å². The molecule has 0 bridgehead atoms. The molecule has 0 N–H and O–H groups in total. The van der Waals surface area contributed by atoms with Crippen molar-refractivity contribution in [3.63, 3.8) is 0 Å². The third-order valence-corrected chi connectivity index (χ3v) is 8.59. The monoisotopic (exact) mass is 307 g/mol. The number of methoxy groups -OCH3 is 1. The van der Waals surface area contributed by atoms with Gasteiger partial charge in [-0.15, -0.1) is 0 Å². The average molecular weight is 307 g/mol. The van der Waals surface area contributed by atoms with E-state index in [1.807, 2.05) is 34.8 Å². The van der Waals surface area contributed by atoms with Crippen molar-refractivity contribution < 1.29 is 9.30 Å². The molecule has 0 aliphatic heterocycles. The van der Waals surface area contributed by atoms with Gasteiger partial charge in [0.2, 0.25) is 0 Å². The van der Waals surface area contributed by atoms with Crippen molar-refractivity contribution in [3.05, 3.63) is 30.5 Å². The van der Waals surface area contributed by atoms with Gasteiger partial charge in [0.05, 0.1) is 12.6 Å². The number of hydrogen-bond acceptors (Lipinski definition) is 2. The van der Waals surface area contributed by atoms with Crippen LogP contribution in [0.5, 0.6) is 5.75 Å².